The molecule has 0 spiro atoms. The molecule has 0 saturated carbocycles. The molecule has 0 radical (unpaired) electrons. The first kappa shape index (κ1) is 15.9. The fourth-order valence-electron chi connectivity index (χ4n) is 2.66. The molecule has 0 bridgehead atoms. The van der Waals surface area contributed by atoms with Gasteiger partial charge in [0.25, 0.3) is 5.89 Å². The molecule has 3 rings (SSSR count). The van der Waals surface area contributed by atoms with Gasteiger partial charge in [0.15, 0.2) is 0 Å². The van der Waals surface area contributed by atoms with Crippen LogP contribution in [0.15, 0.2) is 34.9 Å². The summed E-state index contributed by atoms with van der Waals surface area (Å²) in [4.78, 5) is 15.6. The van der Waals surface area contributed by atoms with Crippen LogP contribution in [-0.2, 0) is 0 Å². The number of aromatic nitrogens is 2. The number of carbonyl (C=O) groups is 1. The van der Waals surface area contributed by atoms with E-state index in [1.54, 1.807) is 32.0 Å². The molecule has 1 N–H and O–H groups in total. The van der Waals surface area contributed by atoms with E-state index >= 15 is 0 Å². The Labute approximate surface area is 137 Å². The van der Waals surface area contributed by atoms with E-state index in [0.29, 0.717) is 16.7 Å². The van der Waals surface area contributed by atoms with E-state index in [9.17, 15) is 14.3 Å². The lowest BCUT2D eigenvalue weighted by Crippen LogP contribution is -2.01. The highest BCUT2D eigenvalue weighted by Gasteiger charge is 2.19. The SMILES string of the molecule is Cc1cc(C)c(-c2noc(-c3c(C)cccc3F)n2)cc1C(=O)O. The zero-order valence-corrected chi connectivity index (χ0v) is 13.4. The number of halogens is 1. The molecular weight excluding hydrogens is 311 g/mol. The summed E-state index contributed by atoms with van der Waals surface area (Å²) in [7, 11) is 0. The molecule has 0 unspecified atom stereocenters. The lowest BCUT2D eigenvalue weighted by molar-refractivity contribution is 0.0696. The van der Waals surface area contributed by atoms with Crippen LogP contribution in [0.5, 0.6) is 0 Å². The summed E-state index contributed by atoms with van der Waals surface area (Å²) >= 11 is 0. The number of hydrogen-bond donors (Lipinski definition) is 1. The third kappa shape index (κ3) is 2.67. The second kappa shape index (κ2) is 5.88. The van der Waals surface area contributed by atoms with Gasteiger partial charge in [0.2, 0.25) is 5.82 Å². The molecule has 0 amide bonds. The number of carboxylic acid groups (broad SMARTS) is 1. The number of carboxylic acids is 1. The number of nitrogens with zero attached hydrogens (tertiary/aromatic N) is 2. The van der Waals surface area contributed by atoms with Crippen molar-refractivity contribution in [3.63, 3.8) is 0 Å². The monoisotopic (exact) mass is 326 g/mol. The highest BCUT2D eigenvalue weighted by atomic mass is 19.1. The average molecular weight is 326 g/mol. The van der Waals surface area contributed by atoms with Crippen LogP contribution in [0.25, 0.3) is 22.8 Å². The first-order valence-corrected chi connectivity index (χ1v) is 7.32. The summed E-state index contributed by atoms with van der Waals surface area (Å²) in [6.45, 7) is 5.31. The predicted octanol–water partition coefficient (Wildman–Crippen LogP) is 4.17. The minimum Gasteiger partial charge on any atom is -0.478 e. The Hall–Kier alpha value is -3.02. The highest BCUT2D eigenvalue weighted by Crippen LogP contribution is 2.29. The maximum atomic E-state index is 14.0. The minimum atomic E-state index is -1.03. The van der Waals surface area contributed by atoms with Gasteiger partial charge in [-0.1, -0.05) is 23.4 Å². The van der Waals surface area contributed by atoms with E-state index < -0.39 is 11.8 Å². The van der Waals surface area contributed by atoms with Crippen molar-refractivity contribution in [2.45, 2.75) is 20.8 Å². The number of aryl methyl sites for hydroxylation is 3. The Morgan fingerprint density at radius 1 is 1.12 bits per heavy atom. The standard InChI is InChI=1S/C18H15FN2O3/c1-9-5-4-6-14(19)15(9)17-20-16(21-24-17)12-8-13(18(22)23)11(3)7-10(12)2/h4-8H,1-3H3,(H,22,23). The number of rotatable bonds is 3. The lowest BCUT2D eigenvalue weighted by Gasteiger charge is -2.06. The van der Waals surface area contributed by atoms with Gasteiger partial charge >= 0.3 is 5.97 Å². The molecule has 24 heavy (non-hydrogen) atoms. The highest BCUT2D eigenvalue weighted by molar-refractivity contribution is 5.91. The molecular formula is C18H15FN2O3. The van der Waals surface area contributed by atoms with Gasteiger partial charge in [0.1, 0.15) is 5.82 Å². The van der Waals surface area contributed by atoms with Gasteiger partial charge in [-0.15, -0.1) is 0 Å². The van der Waals surface area contributed by atoms with Crippen LogP contribution >= 0.6 is 0 Å². The molecule has 0 saturated heterocycles. The van der Waals surface area contributed by atoms with Crippen molar-refractivity contribution in [2.75, 3.05) is 0 Å². The summed E-state index contributed by atoms with van der Waals surface area (Å²) < 4.78 is 19.2. The zero-order chi connectivity index (χ0) is 17.4. The molecule has 6 heteroatoms. The molecule has 0 aliphatic rings. The lowest BCUT2D eigenvalue weighted by atomic mass is 9.99. The van der Waals surface area contributed by atoms with E-state index in [-0.39, 0.29) is 22.8 Å². The summed E-state index contributed by atoms with van der Waals surface area (Å²) in [5.41, 5.74) is 3.11. The van der Waals surface area contributed by atoms with Crippen LogP contribution in [0.4, 0.5) is 4.39 Å². The van der Waals surface area contributed by atoms with Gasteiger partial charge < -0.3 is 9.63 Å². The number of aromatic carboxylic acids is 1. The van der Waals surface area contributed by atoms with Crippen LogP contribution in [0.3, 0.4) is 0 Å². The van der Waals surface area contributed by atoms with Gasteiger partial charge in [-0.2, -0.15) is 4.98 Å². The number of hydrogen-bond acceptors (Lipinski definition) is 4. The largest absolute Gasteiger partial charge is 0.478 e. The van der Waals surface area contributed by atoms with E-state index in [1.807, 2.05) is 6.92 Å². The van der Waals surface area contributed by atoms with Crippen LogP contribution in [0.2, 0.25) is 0 Å². The minimum absolute atomic E-state index is 0.0671. The summed E-state index contributed by atoms with van der Waals surface area (Å²) in [5, 5.41) is 13.2. The maximum absolute atomic E-state index is 14.0. The molecule has 3 aromatic rings. The molecule has 0 aliphatic heterocycles. The number of benzene rings is 2. The van der Waals surface area contributed by atoms with Crippen LogP contribution in [-0.4, -0.2) is 21.2 Å². The Kier molecular flexibility index (Phi) is 3.89. The zero-order valence-electron chi connectivity index (χ0n) is 13.4. The van der Waals surface area contributed by atoms with E-state index in [2.05, 4.69) is 10.1 Å². The van der Waals surface area contributed by atoms with Gasteiger partial charge in [-0.05, 0) is 49.6 Å². The van der Waals surface area contributed by atoms with Crippen LogP contribution < -0.4 is 0 Å². The van der Waals surface area contributed by atoms with Crippen molar-refractivity contribution >= 4 is 5.97 Å². The van der Waals surface area contributed by atoms with Crippen molar-refractivity contribution < 1.29 is 18.8 Å². The van der Waals surface area contributed by atoms with E-state index in [4.69, 9.17) is 4.52 Å². The van der Waals surface area contributed by atoms with Gasteiger partial charge in [0, 0.05) is 5.56 Å². The van der Waals surface area contributed by atoms with Gasteiger partial charge in [0.05, 0.1) is 11.1 Å². The molecule has 0 atom stereocenters. The van der Waals surface area contributed by atoms with Crippen molar-refractivity contribution in [1.29, 1.82) is 0 Å². The van der Waals surface area contributed by atoms with E-state index in [0.717, 1.165) is 5.56 Å². The third-order valence-corrected chi connectivity index (χ3v) is 3.90. The topological polar surface area (TPSA) is 76.2 Å². The molecule has 0 aliphatic carbocycles. The molecule has 122 valence electrons. The van der Waals surface area contributed by atoms with Crippen LogP contribution in [0, 0.1) is 26.6 Å². The first-order valence-electron chi connectivity index (χ1n) is 7.32. The quantitative estimate of drug-likeness (QED) is 0.782. The summed E-state index contributed by atoms with van der Waals surface area (Å²) in [6, 6.07) is 7.95. The van der Waals surface area contributed by atoms with Crippen molar-refractivity contribution in [3.05, 3.63) is 58.4 Å². The first-order chi connectivity index (χ1) is 11.4. The maximum Gasteiger partial charge on any atom is 0.335 e. The van der Waals surface area contributed by atoms with Crippen molar-refractivity contribution in [1.82, 2.24) is 10.1 Å². The fourth-order valence-corrected chi connectivity index (χ4v) is 2.66. The Morgan fingerprint density at radius 2 is 1.88 bits per heavy atom. The Morgan fingerprint density at radius 3 is 2.54 bits per heavy atom. The van der Waals surface area contributed by atoms with Crippen molar-refractivity contribution in [3.8, 4) is 22.8 Å². The Balaban J connectivity index is 2.12. The van der Waals surface area contributed by atoms with E-state index in [1.165, 1.54) is 12.1 Å². The smallest absolute Gasteiger partial charge is 0.335 e. The second-order valence-electron chi connectivity index (χ2n) is 5.64. The summed E-state index contributed by atoms with van der Waals surface area (Å²) in [6.07, 6.45) is 0. The Bertz CT molecular complexity index is 927. The van der Waals surface area contributed by atoms with Gasteiger partial charge in [-0.3, -0.25) is 0 Å². The van der Waals surface area contributed by atoms with Gasteiger partial charge in [-0.25, -0.2) is 9.18 Å². The third-order valence-electron chi connectivity index (χ3n) is 3.90. The van der Waals surface area contributed by atoms with Crippen molar-refractivity contribution in [2.24, 2.45) is 0 Å². The molecule has 0 fully saturated rings. The molecule has 1 aromatic heterocycles. The molecule has 1 heterocycles. The predicted molar refractivity (Wildman–Crippen MR) is 86.3 cm³/mol. The second-order valence-corrected chi connectivity index (χ2v) is 5.64. The fraction of sp³-hybridized carbons (Fsp3) is 0.167. The summed E-state index contributed by atoms with van der Waals surface area (Å²) in [5.74, 6) is -1.18. The normalized spacial score (nSPS) is 10.8. The molecule has 5 nitrogen and oxygen atoms in total. The molecule has 2 aromatic carbocycles. The average Bonchev–Trinajstić information content (AvgIpc) is 2.96. The van der Waals surface area contributed by atoms with Crippen LogP contribution in [0.1, 0.15) is 27.0 Å².